The van der Waals surface area contributed by atoms with Crippen molar-refractivity contribution in [3.63, 3.8) is 0 Å². The van der Waals surface area contributed by atoms with E-state index in [0.29, 0.717) is 13.2 Å². The highest BCUT2D eigenvalue weighted by Crippen LogP contribution is 2.37. The van der Waals surface area contributed by atoms with E-state index in [-0.39, 0.29) is 5.54 Å². The Bertz CT molecular complexity index is 439. The van der Waals surface area contributed by atoms with Crippen molar-refractivity contribution in [3.8, 4) is 11.5 Å². The first kappa shape index (κ1) is 14.1. The quantitative estimate of drug-likeness (QED) is 0.874. The second-order valence-corrected chi connectivity index (χ2v) is 4.78. The molecule has 1 saturated heterocycles. The SMILES string of the molecule is COc1ccc(OC)c(C2(CN)COCCN2C)c1. The Hall–Kier alpha value is -1.30. The maximum Gasteiger partial charge on any atom is 0.124 e. The molecule has 0 amide bonds. The number of rotatable bonds is 4. The van der Waals surface area contributed by atoms with E-state index >= 15 is 0 Å². The third-order valence-corrected chi connectivity index (χ3v) is 3.89. The van der Waals surface area contributed by atoms with Crippen LogP contribution >= 0.6 is 0 Å². The van der Waals surface area contributed by atoms with Crippen LogP contribution in [0.25, 0.3) is 0 Å². The minimum Gasteiger partial charge on any atom is -0.497 e. The summed E-state index contributed by atoms with van der Waals surface area (Å²) in [6.07, 6.45) is 0. The van der Waals surface area contributed by atoms with Crippen LogP contribution in [0.5, 0.6) is 11.5 Å². The van der Waals surface area contributed by atoms with Gasteiger partial charge in [-0.1, -0.05) is 0 Å². The minimum atomic E-state index is -0.363. The van der Waals surface area contributed by atoms with Crippen molar-refractivity contribution in [3.05, 3.63) is 23.8 Å². The second-order valence-electron chi connectivity index (χ2n) is 4.78. The summed E-state index contributed by atoms with van der Waals surface area (Å²) in [5, 5.41) is 0. The molecule has 0 radical (unpaired) electrons. The molecule has 5 nitrogen and oxygen atoms in total. The molecule has 1 fully saturated rings. The minimum absolute atomic E-state index is 0.363. The van der Waals surface area contributed by atoms with Gasteiger partial charge in [-0.05, 0) is 25.2 Å². The van der Waals surface area contributed by atoms with Crippen LogP contribution in [0.15, 0.2) is 18.2 Å². The van der Waals surface area contributed by atoms with Crippen LogP contribution in [0.3, 0.4) is 0 Å². The number of methoxy groups -OCH3 is 2. The summed E-state index contributed by atoms with van der Waals surface area (Å²) in [6, 6.07) is 5.78. The van der Waals surface area contributed by atoms with Crippen molar-refractivity contribution in [2.75, 3.05) is 47.6 Å². The van der Waals surface area contributed by atoms with Gasteiger partial charge < -0.3 is 19.9 Å². The first-order valence-electron chi connectivity index (χ1n) is 6.39. The molecular formula is C14H22N2O3. The molecule has 2 rings (SSSR count). The summed E-state index contributed by atoms with van der Waals surface area (Å²) in [4.78, 5) is 2.23. The fourth-order valence-corrected chi connectivity index (χ4v) is 2.55. The molecule has 1 heterocycles. The number of hydrogen-bond donors (Lipinski definition) is 1. The van der Waals surface area contributed by atoms with Gasteiger partial charge in [0.15, 0.2) is 0 Å². The lowest BCUT2D eigenvalue weighted by Gasteiger charge is -2.45. The topological polar surface area (TPSA) is 57.0 Å². The number of morpholine rings is 1. The van der Waals surface area contributed by atoms with Gasteiger partial charge in [-0.25, -0.2) is 0 Å². The molecule has 2 N–H and O–H groups in total. The third kappa shape index (κ3) is 2.41. The van der Waals surface area contributed by atoms with Crippen molar-refractivity contribution in [1.82, 2.24) is 4.90 Å². The molecule has 5 heteroatoms. The normalized spacial score (nSPS) is 24.2. The van der Waals surface area contributed by atoms with E-state index in [2.05, 4.69) is 11.9 Å². The average molecular weight is 266 g/mol. The summed E-state index contributed by atoms with van der Waals surface area (Å²) in [7, 11) is 5.38. The van der Waals surface area contributed by atoms with Crippen LogP contribution in [0.4, 0.5) is 0 Å². The summed E-state index contributed by atoms with van der Waals surface area (Å²) in [5.74, 6) is 1.60. The van der Waals surface area contributed by atoms with Gasteiger partial charge in [0.25, 0.3) is 0 Å². The van der Waals surface area contributed by atoms with E-state index in [1.165, 1.54) is 0 Å². The fourth-order valence-electron chi connectivity index (χ4n) is 2.55. The Labute approximate surface area is 114 Å². The van der Waals surface area contributed by atoms with Crippen molar-refractivity contribution >= 4 is 0 Å². The molecule has 1 aromatic rings. The molecule has 0 aromatic heterocycles. The lowest BCUT2D eigenvalue weighted by Crippen LogP contribution is -2.56. The second kappa shape index (κ2) is 5.77. The molecule has 1 aliphatic rings. The average Bonchev–Trinajstić information content (AvgIpc) is 2.47. The Kier molecular flexibility index (Phi) is 4.29. The molecule has 0 bridgehead atoms. The molecule has 0 saturated carbocycles. The third-order valence-electron chi connectivity index (χ3n) is 3.89. The van der Waals surface area contributed by atoms with Gasteiger partial charge >= 0.3 is 0 Å². The molecule has 1 unspecified atom stereocenters. The number of likely N-dealkylation sites (N-methyl/N-ethyl adjacent to an activating group) is 1. The lowest BCUT2D eigenvalue weighted by molar-refractivity contribution is -0.0558. The number of ether oxygens (including phenoxy) is 3. The van der Waals surface area contributed by atoms with Gasteiger partial charge in [0.2, 0.25) is 0 Å². The highest BCUT2D eigenvalue weighted by molar-refractivity contribution is 5.45. The molecule has 19 heavy (non-hydrogen) atoms. The van der Waals surface area contributed by atoms with Crippen LogP contribution in [-0.2, 0) is 10.3 Å². The van der Waals surface area contributed by atoms with Crippen LogP contribution in [0.1, 0.15) is 5.56 Å². The fraction of sp³-hybridized carbons (Fsp3) is 0.571. The van der Waals surface area contributed by atoms with Crippen LogP contribution in [0.2, 0.25) is 0 Å². The zero-order valence-corrected chi connectivity index (χ0v) is 11.8. The maximum atomic E-state index is 6.06. The lowest BCUT2D eigenvalue weighted by atomic mass is 9.87. The van der Waals surface area contributed by atoms with Crippen LogP contribution in [-0.4, -0.2) is 52.5 Å². The summed E-state index contributed by atoms with van der Waals surface area (Å²) in [6.45, 7) is 2.60. The van der Waals surface area contributed by atoms with E-state index in [9.17, 15) is 0 Å². The maximum absolute atomic E-state index is 6.06. The highest BCUT2D eigenvalue weighted by Gasteiger charge is 2.40. The standard InChI is InChI=1S/C14H22N2O3/c1-16-6-7-19-10-14(16,9-15)12-8-11(17-2)4-5-13(12)18-3/h4-5,8H,6-7,9-10,15H2,1-3H3. The molecule has 1 aromatic carbocycles. The number of hydrogen-bond acceptors (Lipinski definition) is 5. The smallest absolute Gasteiger partial charge is 0.124 e. The van der Waals surface area contributed by atoms with E-state index in [4.69, 9.17) is 19.9 Å². The molecular weight excluding hydrogens is 244 g/mol. The molecule has 1 atom stereocenters. The van der Waals surface area contributed by atoms with E-state index in [0.717, 1.165) is 30.2 Å². The largest absolute Gasteiger partial charge is 0.497 e. The monoisotopic (exact) mass is 266 g/mol. The van der Waals surface area contributed by atoms with Crippen molar-refractivity contribution in [1.29, 1.82) is 0 Å². The number of nitrogens with zero attached hydrogens (tertiary/aromatic N) is 1. The van der Waals surface area contributed by atoms with Crippen LogP contribution < -0.4 is 15.2 Å². The first-order chi connectivity index (χ1) is 9.17. The van der Waals surface area contributed by atoms with Crippen molar-refractivity contribution < 1.29 is 14.2 Å². The summed E-state index contributed by atoms with van der Waals surface area (Å²) < 4.78 is 16.5. The summed E-state index contributed by atoms with van der Waals surface area (Å²) >= 11 is 0. The zero-order chi connectivity index (χ0) is 13.9. The van der Waals surface area contributed by atoms with Gasteiger partial charge in [0, 0.05) is 18.7 Å². The number of benzene rings is 1. The van der Waals surface area contributed by atoms with Gasteiger partial charge in [-0.2, -0.15) is 0 Å². The predicted molar refractivity (Wildman–Crippen MR) is 73.7 cm³/mol. The van der Waals surface area contributed by atoms with Gasteiger partial charge in [0.1, 0.15) is 11.5 Å². The predicted octanol–water partition coefficient (Wildman–Crippen LogP) is 0.820. The Morgan fingerprint density at radius 1 is 1.37 bits per heavy atom. The molecule has 0 spiro atoms. The van der Waals surface area contributed by atoms with Crippen molar-refractivity contribution in [2.45, 2.75) is 5.54 Å². The number of nitrogens with two attached hydrogens (primary N) is 1. The molecule has 1 aliphatic heterocycles. The highest BCUT2D eigenvalue weighted by atomic mass is 16.5. The molecule has 0 aliphatic carbocycles. The van der Waals surface area contributed by atoms with Gasteiger partial charge in [-0.3, -0.25) is 4.90 Å². The van der Waals surface area contributed by atoms with Crippen molar-refractivity contribution in [2.24, 2.45) is 5.73 Å². The van der Waals surface area contributed by atoms with Crippen LogP contribution in [0, 0.1) is 0 Å². The molecule has 106 valence electrons. The Morgan fingerprint density at radius 2 is 2.16 bits per heavy atom. The van der Waals surface area contributed by atoms with Gasteiger partial charge in [0.05, 0.1) is 33.0 Å². The van der Waals surface area contributed by atoms with E-state index in [1.54, 1.807) is 14.2 Å². The zero-order valence-electron chi connectivity index (χ0n) is 11.8. The Balaban J connectivity index is 2.52. The van der Waals surface area contributed by atoms with E-state index in [1.807, 2.05) is 18.2 Å². The summed E-state index contributed by atoms with van der Waals surface area (Å²) in [5.41, 5.74) is 6.71. The van der Waals surface area contributed by atoms with Gasteiger partial charge in [-0.15, -0.1) is 0 Å². The first-order valence-corrected chi connectivity index (χ1v) is 6.39. The Morgan fingerprint density at radius 3 is 2.74 bits per heavy atom. The van der Waals surface area contributed by atoms with E-state index < -0.39 is 0 Å².